The minimum Gasteiger partial charge on any atom is -0.321 e. The first-order chi connectivity index (χ1) is 12.6. The summed E-state index contributed by atoms with van der Waals surface area (Å²) in [6.45, 7) is 1.85. The molecule has 7 heteroatoms. The van der Waals surface area contributed by atoms with E-state index in [2.05, 4.69) is 20.5 Å². The highest BCUT2D eigenvalue weighted by molar-refractivity contribution is 6.04. The third kappa shape index (κ3) is 2.86. The average Bonchev–Trinajstić information content (AvgIpc) is 3.08. The Labute approximate surface area is 148 Å². The highest BCUT2D eigenvalue weighted by Gasteiger charge is 2.11. The van der Waals surface area contributed by atoms with Crippen LogP contribution in [0.4, 0.5) is 5.69 Å². The molecule has 0 aliphatic carbocycles. The first-order valence-corrected chi connectivity index (χ1v) is 8.02. The number of nitrogens with one attached hydrogen (secondary N) is 2. The fraction of sp³-hybridized carbons (Fsp3) is 0.0526. The van der Waals surface area contributed by atoms with Crippen LogP contribution in [0.15, 0.2) is 65.7 Å². The molecule has 2 aromatic carbocycles. The molecule has 0 radical (unpaired) electrons. The Morgan fingerprint density at radius 3 is 2.77 bits per heavy atom. The molecular formula is C19H15N5O2. The van der Waals surface area contributed by atoms with Gasteiger partial charge < -0.3 is 10.3 Å². The number of fused-ring (bicyclic) bond motifs is 1. The number of aromatic amines is 1. The van der Waals surface area contributed by atoms with E-state index in [0.717, 1.165) is 16.9 Å². The van der Waals surface area contributed by atoms with E-state index in [0.29, 0.717) is 11.1 Å². The lowest BCUT2D eigenvalue weighted by atomic mass is 10.1. The Bertz CT molecular complexity index is 1180. The van der Waals surface area contributed by atoms with E-state index in [1.807, 2.05) is 35.8 Å². The van der Waals surface area contributed by atoms with E-state index in [1.165, 1.54) is 0 Å². The van der Waals surface area contributed by atoms with E-state index < -0.39 is 0 Å². The molecule has 0 saturated carbocycles. The quantitative estimate of drug-likeness (QED) is 0.597. The SMILES string of the molecule is Cc1nncn1-c1cccc(NC(=O)c2cc3ccccc3c(=O)[nH]2)c1. The largest absolute Gasteiger partial charge is 0.321 e. The van der Waals surface area contributed by atoms with Crippen molar-refractivity contribution < 1.29 is 4.79 Å². The number of amides is 1. The molecule has 0 spiro atoms. The second-order valence-electron chi connectivity index (χ2n) is 5.85. The second kappa shape index (κ2) is 6.29. The molecule has 0 fully saturated rings. The van der Waals surface area contributed by atoms with E-state index >= 15 is 0 Å². The van der Waals surface area contributed by atoms with Gasteiger partial charge in [0.05, 0.1) is 5.69 Å². The Kier molecular flexibility index (Phi) is 3.81. The first kappa shape index (κ1) is 15.8. The normalized spacial score (nSPS) is 10.8. The van der Waals surface area contributed by atoms with Crippen LogP contribution in [0.3, 0.4) is 0 Å². The molecule has 4 rings (SSSR count). The summed E-state index contributed by atoms with van der Waals surface area (Å²) in [6.07, 6.45) is 1.61. The summed E-state index contributed by atoms with van der Waals surface area (Å²) in [5, 5.41) is 11.9. The molecule has 0 bridgehead atoms. The number of benzene rings is 2. The molecule has 0 unspecified atom stereocenters. The average molecular weight is 345 g/mol. The van der Waals surface area contributed by atoms with Crippen LogP contribution >= 0.6 is 0 Å². The Morgan fingerprint density at radius 1 is 1.12 bits per heavy atom. The third-order valence-corrected chi connectivity index (χ3v) is 4.10. The van der Waals surface area contributed by atoms with Crippen LogP contribution in [0.2, 0.25) is 0 Å². The summed E-state index contributed by atoms with van der Waals surface area (Å²) in [5.41, 5.74) is 1.36. The predicted octanol–water partition coefficient (Wildman–Crippen LogP) is 2.67. The summed E-state index contributed by atoms with van der Waals surface area (Å²) in [7, 11) is 0. The Morgan fingerprint density at radius 2 is 1.96 bits per heavy atom. The molecule has 0 atom stereocenters. The summed E-state index contributed by atoms with van der Waals surface area (Å²) >= 11 is 0. The maximum atomic E-state index is 12.6. The predicted molar refractivity (Wildman–Crippen MR) is 98.6 cm³/mol. The van der Waals surface area contributed by atoms with Gasteiger partial charge in [-0.2, -0.15) is 0 Å². The highest BCUT2D eigenvalue weighted by atomic mass is 16.2. The monoisotopic (exact) mass is 345 g/mol. The van der Waals surface area contributed by atoms with Crippen molar-refractivity contribution in [1.82, 2.24) is 19.7 Å². The number of pyridine rings is 1. The zero-order chi connectivity index (χ0) is 18.1. The molecule has 26 heavy (non-hydrogen) atoms. The number of hydrogen-bond acceptors (Lipinski definition) is 4. The maximum absolute atomic E-state index is 12.6. The van der Waals surface area contributed by atoms with Gasteiger partial charge in [-0.15, -0.1) is 10.2 Å². The first-order valence-electron chi connectivity index (χ1n) is 8.02. The fourth-order valence-corrected chi connectivity index (χ4v) is 2.81. The topological polar surface area (TPSA) is 92.7 Å². The lowest BCUT2D eigenvalue weighted by molar-refractivity contribution is 0.102. The van der Waals surface area contributed by atoms with Crippen LogP contribution in [-0.4, -0.2) is 25.7 Å². The standard InChI is InChI=1S/C19H15N5O2/c1-12-23-20-11-24(12)15-7-4-6-14(10-15)21-19(26)17-9-13-5-2-3-8-16(13)18(25)22-17/h2-11H,1H3,(H,21,26)(H,22,25). The van der Waals surface area contributed by atoms with Gasteiger partial charge in [0.25, 0.3) is 11.5 Å². The van der Waals surface area contributed by atoms with Crippen molar-refractivity contribution in [3.8, 4) is 5.69 Å². The van der Waals surface area contributed by atoms with Crippen molar-refractivity contribution in [3.63, 3.8) is 0 Å². The third-order valence-electron chi connectivity index (χ3n) is 4.10. The molecule has 128 valence electrons. The molecule has 0 aliphatic rings. The zero-order valence-corrected chi connectivity index (χ0v) is 13.9. The van der Waals surface area contributed by atoms with Crippen molar-refractivity contribution in [2.45, 2.75) is 6.92 Å². The van der Waals surface area contributed by atoms with Gasteiger partial charge in [-0.05, 0) is 42.6 Å². The molecule has 2 N–H and O–H groups in total. The number of rotatable bonds is 3. The van der Waals surface area contributed by atoms with E-state index in [-0.39, 0.29) is 17.2 Å². The number of anilines is 1. The van der Waals surface area contributed by atoms with Gasteiger partial charge in [0.2, 0.25) is 0 Å². The smallest absolute Gasteiger partial charge is 0.272 e. The van der Waals surface area contributed by atoms with Crippen LogP contribution in [0.5, 0.6) is 0 Å². The van der Waals surface area contributed by atoms with Crippen molar-refractivity contribution in [2.24, 2.45) is 0 Å². The maximum Gasteiger partial charge on any atom is 0.272 e. The van der Waals surface area contributed by atoms with Gasteiger partial charge >= 0.3 is 0 Å². The van der Waals surface area contributed by atoms with Crippen LogP contribution in [-0.2, 0) is 0 Å². The summed E-state index contributed by atoms with van der Waals surface area (Å²) in [5.74, 6) is 0.359. The minimum absolute atomic E-state index is 0.208. The number of hydrogen-bond donors (Lipinski definition) is 2. The van der Waals surface area contributed by atoms with Crippen molar-refractivity contribution in [2.75, 3.05) is 5.32 Å². The summed E-state index contributed by atoms with van der Waals surface area (Å²) in [6, 6.07) is 16.1. The molecule has 4 aromatic rings. The molecule has 1 amide bonds. The number of carbonyl (C=O) groups excluding carboxylic acids is 1. The second-order valence-corrected chi connectivity index (χ2v) is 5.85. The summed E-state index contributed by atoms with van der Waals surface area (Å²) in [4.78, 5) is 27.3. The zero-order valence-electron chi connectivity index (χ0n) is 13.9. The fourth-order valence-electron chi connectivity index (χ4n) is 2.81. The molecule has 2 heterocycles. The van der Waals surface area contributed by atoms with Crippen molar-refractivity contribution in [1.29, 1.82) is 0 Å². The van der Waals surface area contributed by atoms with Gasteiger partial charge in [-0.25, -0.2) is 0 Å². The number of H-pyrrole nitrogens is 1. The van der Waals surface area contributed by atoms with Gasteiger partial charge in [-0.1, -0.05) is 24.3 Å². The van der Waals surface area contributed by atoms with Crippen molar-refractivity contribution >= 4 is 22.4 Å². The number of carbonyl (C=O) groups is 1. The van der Waals surface area contributed by atoms with Crippen LogP contribution in [0.25, 0.3) is 16.5 Å². The van der Waals surface area contributed by atoms with Crippen LogP contribution in [0.1, 0.15) is 16.3 Å². The van der Waals surface area contributed by atoms with Gasteiger partial charge in [0.1, 0.15) is 17.8 Å². The minimum atomic E-state index is -0.384. The van der Waals surface area contributed by atoms with Crippen LogP contribution in [0, 0.1) is 6.92 Å². The van der Waals surface area contributed by atoms with Gasteiger partial charge in [-0.3, -0.25) is 14.2 Å². The lowest BCUT2D eigenvalue weighted by Crippen LogP contribution is -2.19. The number of aryl methyl sites for hydroxylation is 1. The highest BCUT2D eigenvalue weighted by Crippen LogP contribution is 2.17. The molecule has 0 aliphatic heterocycles. The van der Waals surface area contributed by atoms with E-state index in [1.54, 1.807) is 36.7 Å². The molecular weight excluding hydrogens is 330 g/mol. The molecule has 7 nitrogen and oxygen atoms in total. The van der Waals surface area contributed by atoms with E-state index in [4.69, 9.17) is 0 Å². The molecule has 2 aromatic heterocycles. The Balaban J connectivity index is 1.65. The Hall–Kier alpha value is -3.74. The van der Waals surface area contributed by atoms with Crippen molar-refractivity contribution in [3.05, 3.63) is 82.8 Å². The van der Waals surface area contributed by atoms with Gasteiger partial charge in [0.15, 0.2) is 0 Å². The van der Waals surface area contributed by atoms with E-state index in [9.17, 15) is 9.59 Å². The lowest BCUT2D eigenvalue weighted by Gasteiger charge is -2.09. The molecule has 0 saturated heterocycles. The number of aromatic nitrogens is 4. The summed E-state index contributed by atoms with van der Waals surface area (Å²) < 4.78 is 1.81. The van der Waals surface area contributed by atoms with Gasteiger partial charge in [0, 0.05) is 11.1 Å². The van der Waals surface area contributed by atoms with Crippen LogP contribution < -0.4 is 10.9 Å². The number of nitrogens with zero attached hydrogens (tertiary/aromatic N) is 3.